The van der Waals surface area contributed by atoms with Crippen LogP contribution in [0.3, 0.4) is 0 Å². The summed E-state index contributed by atoms with van der Waals surface area (Å²) in [4.78, 5) is 14.2. The number of hydrogen-bond acceptors (Lipinski definition) is 2. The first kappa shape index (κ1) is 13.9. The van der Waals surface area contributed by atoms with Crippen molar-refractivity contribution in [2.45, 2.75) is 38.6 Å². The molecule has 1 atom stereocenters. The van der Waals surface area contributed by atoms with Crippen LogP contribution in [0.1, 0.15) is 38.7 Å². The minimum atomic E-state index is -0.224. The van der Waals surface area contributed by atoms with Gasteiger partial charge >= 0.3 is 6.03 Å². The molecule has 104 valence electrons. The van der Waals surface area contributed by atoms with Crippen molar-refractivity contribution >= 4 is 11.7 Å². The molecule has 1 heterocycles. The lowest BCUT2D eigenvalue weighted by Crippen LogP contribution is -2.48. The summed E-state index contributed by atoms with van der Waals surface area (Å²) in [6.45, 7) is 7.34. The lowest BCUT2D eigenvalue weighted by Gasteiger charge is -2.26. The second kappa shape index (κ2) is 5.21. The molecule has 2 rings (SSSR count). The number of carbonyl (C=O) groups excluding carboxylic acids is 1. The maximum atomic E-state index is 12.4. The van der Waals surface area contributed by atoms with Crippen LogP contribution in [-0.4, -0.2) is 24.7 Å². The molecule has 4 heteroatoms. The molecular formula is C15H23N3O. The molecule has 2 amide bonds. The number of benzene rings is 1. The van der Waals surface area contributed by atoms with Gasteiger partial charge in [0.15, 0.2) is 0 Å². The molecule has 3 N–H and O–H groups in total. The number of nitrogens with one attached hydrogen (secondary N) is 1. The fourth-order valence-electron chi connectivity index (χ4n) is 2.52. The summed E-state index contributed by atoms with van der Waals surface area (Å²) >= 11 is 0. The summed E-state index contributed by atoms with van der Waals surface area (Å²) in [5.74, 6) is 0.354. The Hall–Kier alpha value is -1.55. The summed E-state index contributed by atoms with van der Waals surface area (Å²) in [6.07, 6.45) is 0.913. The number of hydrogen-bond donors (Lipinski definition) is 2. The predicted octanol–water partition coefficient (Wildman–Crippen LogP) is 2.45. The predicted molar refractivity (Wildman–Crippen MR) is 78.5 cm³/mol. The molecule has 0 saturated heterocycles. The number of carbonyl (C=O) groups is 1. The fourth-order valence-corrected chi connectivity index (χ4v) is 2.52. The largest absolute Gasteiger partial charge is 0.333 e. The zero-order valence-corrected chi connectivity index (χ0v) is 11.9. The summed E-state index contributed by atoms with van der Waals surface area (Å²) in [5.41, 5.74) is 7.70. The Bertz CT molecular complexity index is 465. The molecule has 0 spiro atoms. The highest BCUT2D eigenvalue weighted by Gasteiger charge is 2.32. The number of urea groups is 1. The van der Waals surface area contributed by atoms with Gasteiger partial charge in [0.2, 0.25) is 0 Å². The van der Waals surface area contributed by atoms with Crippen molar-refractivity contribution in [2.75, 3.05) is 18.0 Å². The quantitative estimate of drug-likeness (QED) is 0.859. The van der Waals surface area contributed by atoms with Crippen LogP contribution in [0.15, 0.2) is 24.3 Å². The summed E-state index contributed by atoms with van der Waals surface area (Å²) in [5, 5.41) is 3.02. The van der Waals surface area contributed by atoms with E-state index in [1.165, 1.54) is 5.56 Å². The number of amides is 2. The van der Waals surface area contributed by atoms with Crippen LogP contribution >= 0.6 is 0 Å². The summed E-state index contributed by atoms with van der Waals surface area (Å²) in [6, 6.07) is 8.07. The highest BCUT2D eigenvalue weighted by Crippen LogP contribution is 2.37. The smallest absolute Gasteiger partial charge is 0.322 e. The molecule has 1 unspecified atom stereocenters. The SMILES string of the molecule is CC(C)(C)NC(=O)N1CC(CCN)c2ccccc21. The van der Waals surface area contributed by atoms with Crippen LogP contribution in [0.2, 0.25) is 0 Å². The first-order valence-electron chi connectivity index (χ1n) is 6.81. The van der Waals surface area contributed by atoms with E-state index in [0.29, 0.717) is 12.5 Å². The van der Waals surface area contributed by atoms with Crippen molar-refractivity contribution < 1.29 is 4.79 Å². The van der Waals surface area contributed by atoms with E-state index in [0.717, 1.165) is 18.7 Å². The number of anilines is 1. The Kier molecular flexibility index (Phi) is 3.80. The van der Waals surface area contributed by atoms with Gasteiger partial charge < -0.3 is 11.1 Å². The van der Waals surface area contributed by atoms with Gasteiger partial charge in [-0.05, 0) is 45.4 Å². The molecule has 1 aliphatic heterocycles. The fraction of sp³-hybridized carbons (Fsp3) is 0.533. The molecular weight excluding hydrogens is 238 g/mol. The average molecular weight is 261 g/mol. The average Bonchev–Trinajstić information content (AvgIpc) is 2.67. The van der Waals surface area contributed by atoms with E-state index in [9.17, 15) is 4.79 Å². The van der Waals surface area contributed by atoms with Gasteiger partial charge in [0.1, 0.15) is 0 Å². The lowest BCUT2D eigenvalue weighted by molar-refractivity contribution is 0.238. The Morgan fingerprint density at radius 3 is 2.74 bits per heavy atom. The zero-order chi connectivity index (χ0) is 14.0. The van der Waals surface area contributed by atoms with Crippen molar-refractivity contribution in [2.24, 2.45) is 5.73 Å². The zero-order valence-electron chi connectivity index (χ0n) is 11.9. The van der Waals surface area contributed by atoms with Crippen molar-refractivity contribution in [1.29, 1.82) is 0 Å². The minimum Gasteiger partial charge on any atom is -0.333 e. The van der Waals surface area contributed by atoms with Crippen molar-refractivity contribution in [1.82, 2.24) is 5.32 Å². The third-order valence-corrected chi connectivity index (χ3v) is 3.31. The molecule has 1 aromatic carbocycles. The van der Waals surface area contributed by atoms with E-state index >= 15 is 0 Å². The van der Waals surface area contributed by atoms with Crippen LogP contribution < -0.4 is 16.0 Å². The van der Waals surface area contributed by atoms with E-state index in [-0.39, 0.29) is 11.6 Å². The second-order valence-electron chi connectivity index (χ2n) is 6.12. The van der Waals surface area contributed by atoms with E-state index in [2.05, 4.69) is 11.4 Å². The molecule has 0 fully saturated rings. The van der Waals surface area contributed by atoms with E-state index in [1.54, 1.807) is 0 Å². The highest BCUT2D eigenvalue weighted by atomic mass is 16.2. The first-order chi connectivity index (χ1) is 8.92. The number of nitrogens with two attached hydrogens (primary N) is 1. The number of rotatable bonds is 2. The molecule has 0 aromatic heterocycles. The van der Waals surface area contributed by atoms with E-state index < -0.39 is 0 Å². The minimum absolute atomic E-state index is 0.0283. The number of para-hydroxylation sites is 1. The topological polar surface area (TPSA) is 58.4 Å². The van der Waals surface area contributed by atoms with Crippen LogP contribution in [-0.2, 0) is 0 Å². The van der Waals surface area contributed by atoms with Crippen molar-refractivity contribution in [3.8, 4) is 0 Å². The Labute approximate surface area is 115 Å². The van der Waals surface area contributed by atoms with Gasteiger partial charge in [0.05, 0.1) is 0 Å². The van der Waals surface area contributed by atoms with Gasteiger partial charge in [-0.25, -0.2) is 4.79 Å². The van der Waals surface area contributed by atoms with Gasteiger partial charge in [0, 0.05) is 23.7 Å². The van der Waals surface area contributed by atoms with Gasteiger partial charge in [-0.2, -0.15) is 0 Å². The monoisotopic (exact) mass is 261 g/mol. The van der Waals surface area contributed by atoms with Crippen LogP contribution in [0.4, 0.5) is 10.5 Å². The van der Waals surface area contributed by atoms with Gasteiger partial charge in [-0.1, -0.05) is 18.2 Å². The standard InChI is InChI=1S/C15H23N3O/c1-15(2,3)17-14(19)18-10-11(8-9-16)12-6-4-5-7-13(12)18/h4-7,11H,8-10,16H2,1-3H3,(H,17,19). The molecule has 0 aliphatic carbocycles. The highest BCUT2D eigenvalue weighted by molar-refractivity contribution is 5.95. The van der Waals surface area contributed by atoms with Crippen LogP contribution in [0.25, 0.3) is 0 Å². The molecule has 1 aromatic rings. The van der Waals surface area contributed by atoms with E-state index in [1.807, 2.05) is 43.9 Å². The maximum Gasteiger partial charge on any atom is 0.322 e. The Morgan fingerprint density at radius 1 is 1.42 bits per heavy atom. The lowest BCUT2D eigenvalue weighted by atomic mass is 9.98. The number of nitrogens with zero attached hydrogens (tertiary/aromatic N) is 1. The van der Waals surface area contributed by atoms with Crippen LogP contribution in [0, 0.1) is 0 Å². The van der Waals surface area contributed by atoms with Crippen molar-refractivity contribution in [3.63, 3.8) is 0 Å². The van der Waals surface area contributed by atoms with Gasteiger partial charge in [-0.15, -0.1) is 0 Å². The molecule has 0 radical (unpaired) electrons. The third-order valence-electron chi connectivity index (χ3n) is 3.31. The summed E-state index contributed by atoms with van der Waals surface area (Å²) < 4.78 is 0. The molecule has 4 nitrogen and oxygen atoms in total. The van der Waals surface area contributed by atoms with E-state index in [4.69, 9.17) is 5.73 Å². The second-order valence-corrected chi connectivity index (χ2v) is 6.12. The van der Waals surface area contributed by atoms with Gasteiger partial charge in [-0.3, -0.25) is 4.90 Å². The van der Waals surface area contributed by atoms with Crippen LogP contribution in [0.5, 0.6) is 0 Å². The maximum absolute atomic E-state index is 12.4. The summed E-state index contributed by atoms with van der Waals surface area (Å²) in [7, 11) is 0. The molecule has 0 saturated carbocycles. The normalized spacial score (nSPS) is 18.3. The molecule has 1 aliphatic rings. The molecule has 19 heavy (non-hydrogen) atoms. The first-order valence-corrected chi connectivity index (χ1v) is 6.81. The Morgan fingerprint density at radius 2 is 2.11 bits per heavy atom. The molecule has 0 bridgehead atoms. The van der Waals surface area contributed by atoms with Crippen molar-refractivity contribution in [3.05, 3.63) is 29.8 Å². The van der Waals surface area contributed by atoms with Gasteiger partial charge in [0.25, 0.3) is 0 Å². The Balaban J connectivity index is 2.22. The third kappa shape index (κ3) is 3.07. The number of fused-ring (bicyclic) bond motifs is 1.